The van der Waals surface area contributed by atoms with Crippen molar-refractivity contribution in [1.82, 2.24) is 0 Å². The molecule has 11 rings (SSSR count). The Balaban J connectivity index is 1.14. The molecule has 0 aromatic heterocycles. The number of rotatable bonds is 8. The molecule has 64 heavy (non-hydrogen) atoms. The van der Waals surface area contributed by atoms with Crippen LogP contribution in [0.5, 0.6) is 0 Å². The van der Waals surface area contributed by atoms with Gasteiger partial charge in [0.25, 0.3) is 0 Å². The Labute approximate surface area is 372 Å². The predicted octanol–water partition coefficient (Wildman–Crippen LogP) is 11.9. The summed E-state index contributed by atoms with van der Waals surface area (Å²) in [6, 6.07) is 67.7. The Kier molecular flexibility index (Phi) is 9.54. The van der Waals surface area contributed by atoms with Gasteiger partial charge in [0.15, 0.2) is 0 Å². The van der Waals surface area contributed by atoms with E-state index in [4.69, 9.17) is 0 Å². The molecule has 4 N–H and O–H groups in total. The van der Waals surface area contributed by atoms with Gasteiger partial charge in [-0.15, -0.1) is 0 Å². The minimum absolute atomic E-state index is 0.400. The fourth-order valence-electron chi connectivity index (χ4n) is 9.99. The summed E-state index contributed by atoms with van der Waals surface area (Å²) in [4.78, 5) is 0. The lowest BCUT2D eigenvalue weighted by molar-refractivity contribution is -0.0730. The average Bonchev–Trinajstić information content (AvgIpc) is 3.89. The molecule has 0 fully saturated rings. The molecule has 4 aliphatic carbocycles. The molecule has 0 heterocycles. The van der Waals surface area contributed by atoms with Crippen molar-refractivity contribution in [3.05, 3.63) is 297 Å². The van der Waals surface area contributed by atoms with E-state index in [1.165, 1.54) is 0 Å². The maximum Gasteiger partial charge on any atom is 0.219 e. The number of allylic oxidation sites excluding steroid dienone is 10. The van der Waals surface area contributed by atoms with Crippen LogP contribution in [0.15, 0.2) is 253 Å². The highest BCUT2D eigenvalue weighted by atomic mass is 16.5. The van der Waals surface area contributed by atoms with Crippen molar-refractivity contribution in [3.8, 4) is 0 Å². The van der Waals surface area contributed by atoms with Crippen molar-refractivity contribution in [2.24, 2.45) is 0 Å². The molecule has 0 unspecified atom stereocenters. The summed E-state index contributed by atoms with van der Waals surface area (Å²) < 4.78 is 0. The second-order valence-electron chi connectivity index (χ2n) is 16.4. The lowest BCUT2D eigenvalue weighted by Crippen LogP contribution is -2.35. The normalized spacial score (nSPS) is 17.4. The molecule has 4 nitrogen and oxygen atoms in total. The summed E-state index contributed by atoms with van der Waals surface area (Å²) in [6.07, 6.45) is 7.70. The standard InChI is InChI=1S/C60H42O4/c61-59(62)49(39-19-7-1-8-20-39)37-35-47-51(53(41-23-11-3-12-24-41)55(57(47)59)43-27-15-5-16-28-43)45-31-33-46(34-32-45)52-48-36-38-50(40-21-9-2-10-22-40)60(63,64)58(48)56(44-29-17-6-18-30-44)54(52)42-25-13-4-14-26-42/h1-38,61-64H. The fourth-order valence-corrected chi connectivity index (χ4v) is 9.99. The Hall–Kier alpha value is -7.70. The molecular formula is C60H42O4. The van der Waals surface area contributed by atoms with Crippen molar-refractivity contribution in [2.75, 3.05) is 0 Å². The highest BCUT2D eigenvalue weighted by Crippen LogP contribution is 2.59. The third-order valence-electron chi connectivity index (χ3n) is 12.7. The summed E-state index contributed by atoms with van der Waals surface area (Å²) in [5.41, 5.74) is 15.1. The lowest BCUT2D eigenvalue weighted by Gasteiger charge is -2.32. The Bertz CT molecular complexity index is 3000. The first-order chi connectivity index (χ1) is 31.3. The molecule has 4 heteroatoms. The summed E-state index contributed by atoms with van der Waals surface area (Å²) >= 11 is 0. The van der Waals surface area contributed by atoms with Gasteiger partial charge < -0.3 is 20.4 Å². The molecule has 0 saturated carbocycles. The van der Waals surface area contributed by atoms with Crippen LogP contribution in [0.3, 0.4) is 0 Å². The fraction of sp³-hybridized carbons (Fsp3) is 0.0333. The second kappa shape index (κ2) is 15.6. The summed E-state index contributed by atoms with van der Waals surface area (Å²) in [6.45, 7) is 0. The van der Waals surface area contributed by atoms with Crippen LogP contribution in [0.1, 0.15) is 44.5 Å². The molecule has 7 aromatic carbocycles. The Morgan fingerprint density at radius 2 is 0.453 bits per heavy atom. The van der Waals surface area contributed by atoms with E-state index >= 15 is 0 Å². The summed E-state index contributed by atoms with van der Waals surface area (Å²) in [5, 5.41) is 50.0. The van der Waals surface area contributed by atoms with Crippen LogP contribution in [-0.2, 0) is 0 Å². The zero-order chi connectivity index (χ0) is 43.4. The molecule has 0 bridgehead atoms. The van der Waals surface area contributed by atoms with Crippen molar-refractivity contribution in [2.45, 2.75) is 11.6 Å². The van der Waals surface area contributed by atoms with E-state index in [2.05, 4.69) is 48.5 Å². The molecule has 0 spiro atoms. The van der Waals surface area contributed by atoms with Crippen LogP contribution in [0, 0.1) is 0 Å². The zero-order valence-corrected chi connectivity index (χ0v) is 34.7. The largest absolute Gasteiger partial charge is 0.358 e. The van der Waals surface area contributed by atoms with Gasteiger partial charge in [-0.3, -0.25) is 0 Å². The molecule has 0 aliphatic heterocycles. The number of benzene rings is 7. The Morgan fingerprint density at radius 1 is 0.219 bits per heavy atom. The van der Waals surface area contributed by atoms with E-state index in [0.717, 1.165) is 89.1 Å². The zero-order valence-electron chi connectivity index (χ0n) is 34.7. The molecule has 0 saturated heterocycles. The van der Waals surface area contributed by atoms with E-state index in [1.54, 1.807) is 0 Å². The summed E-state index contributed by atoms with van der Waals surface area (Å²) in [7, 11) is 0. The molecular weight excluding hydrogens is 785 g/mol. The van der Waals surface area contributed by atoms with E-state index in [1.807, 2.05) is 182 Å². The average molecular weight is 827 g/mol. The lowest BCUT2D eigenvalue weighted by atomic mass is 9.79. The maximum atomic E-state index is 12.5. The van der Waals surface area contributed by atoms with Gasteiger partial charge in [0.2, 0.25) is 11.6 Å². The van der Waals surface area contributed by atoms with Crippen LogP contribution in [0.4, 0.5) is 0 Å². The van der Waals surface area contributed by atoms with Crippen LogP contribution < -0.4 is 0 Å². The smallest absolute Gasteiger partial charge is 0.219 e. The van der Waals surface area contributed by atoms with E-state index < -0.39 is 11.6 Å². The van der Waals surface area contributed by atoms with Gasteiger partial charge in [0, 0.05) is 22.3 Å². The number of fused-ring (bicyclic) bond motifs is 2. The van der Waals surface area contributed by atoms with Crippen molar-refractivity contribution < 1.29 is 20.4 Å². The van der Waals surface area contributed by atoms with Gasteiger partial charge in [-0.25, -0.2) is 0 Å². The molecule has 0 amide bonds. The minimum Gasteiger partial charge on any atom is -0.358 e. The molecule has 4 aliphatic rings. The van der Waals surface area contributed by atoms with Gasteiger partial charge in [0.1, 0.15) is 0 Å². The molecule has 0 atom stereocenters. The van der Waals surface area contributed by atoms with Crippen LogP contribution in [0.25, 0.3) is 44.6 Å². The maximum absolute atomic E-state index is 12.5. The SMILES string of the molecule is OC1(O)C(c2ccccc2)=CC=C2C(c3ccc(C4=C(c5ccccc5)C(c5ccccc5)=C5C4=CC=C(c4ccccc4)C5(O)O)cc3)=C(c3ccccc3)C(c3ccccc3)=C21. The predicted molar refractivity (Wildman–Crippen MR) is 259 cm³/mol. The molecule has 306 valence electrons. The first-order valence-corrected chi connectivity index (χ1v) is 21.5. The number of aliphatic hydroxyl groups is 4. The van der Waals surface area contributed by atoms with Crippen molar-refractivity contribution in [3.63, 3.8) is 0 Å². The minimum atomic E-state index is -2.33. The third-order valence-corrected chi connectivity index (χ3v) is 12.7. The second-order valence-corrected chi connectivity index (χ2v) is 16.4. The summed E-state index contributed by atoms with van der Waals surface area (Å²) in [5.74, 6) is -4.65. The molecule has 0 radical (unpaired) electrons. The topological polar surface area (TPSA) is 80.9 Å². The number of hydrogen-bond donors (Lipinski definition) is 4. The molecule has 7 aromatic rings. The van der Waals surface area contributed by atoms with Crippen LogP contribution >= 0.6 is 0 Å². The van der Waals surface area contributed by atoms with Gasteiger partial charge in [0.05, 0.1) is 0 Å². The highest BCUT2D eigenvalue weighted by Gasteiger charge is 2.48. The highest BCUT2D eigenvalue weighted by molar-refractivity contribution is 6.28. The first kappa shape index (κ1) is 39.2. The van der Waals surface area contributed by atoms with Crippen molar-refractivity contribution >= 4 is 44.6 Å². The van der Waals surface area contributed by atoms with Crippen LogP contribution in [-0.4, -0.2) is 32.0 Å². The van der Waals surface area contributed by atoms with Gasteiger partial charge >= 0.3 is 0 Å². The van der Waals surface area contributed by atoms with Crippen LogP contribution in [0.2, 0.25) is 0 Å². The monoisotopic (exact) mass is 826 g/mol. The van der Waals surface area contributed by atoms with Crippen molar-refractivity contribution in [1.29, 1.82) is 0 Å². The van der Waals surface area contributed by atoms with Gasteiger partial charge in [-0.1, -0.05) is 231 Å². The third kappa shape index (κ3) is 6.31. The van der Waals surface area contributed by atoms with Gasteiger partial charge in [-0.05, 0) is 89.1 Å². The van der Waals surface area contributed by atoms with E-state index in [-0.39, 0.29) is 0 Å². The quantitative estimate of drug-likeness (QED) is 0.115. The number of hydrogen-bond acceptors (Lipinski definition) is 4. The first-order valence-electron chi connectivity index (χ1n) is 21.5. The van der Waals surface area contributed by atoms with E-state index in [0.29, 0.717) is 22.3 Å². The Morgan fingerprint density at radius 3 is 0.734 bits per heavy atom. The van der Waals surface area contributed by atoms with Gasteiger partial charge in [-0.2, -0.15) is 0 Å². The van der Waals surface area contributed by atoms with E-state index in [9.17, 15) is 20.4 Å².